The highest BCUT2D eigenvalue weighted by Gasteiger charge is 2.30. The van der Waals surface area contributed by atoms with Gasteiger partial charge in [-0.15, -0.1) is 0 Å². The van der Waals surface area contributed by atoms with E-state index >= 15 is 0 Å². The van der Waals surface area contributed by atoms with Crippen molar-refractivity contribution in [3.05, 3.63) is 0 Å². The van der Waals surface area contributed by atoms with Crippen LogP contribution in [0.4, 0.5) is 0 Å². The summed E-state index contributed by atoms with van der Waals surface area (Å²) in [5.41, 5.74) is 0. The second-order valence-electron chi connectivity index (χ2n) is 28.3. The van der Waals surface area contributed by atoms with Gasteiger partial charge in [0.2, 0.25) is 0 Å². The molecule has 6 atom stereocenters. The zero-order valence-corrected chi connectivity index (χ0v) is 65.0. The predicted octanol–water partition coefficient (Wildman–Crippen LogP) is 23.3. The Kier molecular flexibility index (Phi) is 69.6. The van der Waals surface area contributed by atoms with Crippen molar-refractivity contribution in [2.24, 2.45) is 5.92 Å². The molecule has 576 valence electrons. The van der Waals surface area contributed by atoms with Crippen molar-refractivity contribution in [1.29, 1.82) is 0 Å². The fourth-order valence-corrected chi connectivity index (χ4v) is 13.6. The molecule has 0 spiro atoms. The number of carbonyl (C=O) groups excluding carboxylic acids is 4. The van der Waals surface area contributed by atoms with Gasteiger partial charge in [-0.25, -0.2) is 9.13 Å². The second-order valence-corrected chi connectivity index (χ2v) is 31.3. The molecule has 3 unspecified atom stereocenters. The van der Waals surface area contributed by atoms with Crippen LogP contribution in [0.3, 0.4) is 0 Å². The van der Waals surface area contributed by atoms with Gasteiger partial charge in [-0.3, -0.25) is 37.3 Å². The first kappa shape index (κ1) is 95.1. The smallest absolute Gasteiger partial charge is 0.462 e. The summed E-state index contributed by atoms with van der Waals surface area (Å²) in [6.45, 7) is 7.37. The van der Waals surface area contributed by atoms with Gasteiger partial charge in [0.15, 0.2) is 12.2 Å². The number of esters is 4. The van der Waals surface area contributed by atoms with E-state index in [0.717, 1.165) is 95.8 Å². The van der Waals surface area contributed by atoms with Crippen LogP contribution in [-0.2, 0) is 65.4 Å². The number of hydrogen-bond acceptors (Lipinski definition) is 15. The summed E-state index contributed by atoms with van der Waals surface area (Å²) in [4.78, 5) is 72.8. The molecule has 97 heavy (non-hydrogen) atoms. The van der Waals surface area contributed by atoms with Crippen molar-refractivity contribution in [1.82, 2.24) is 0 Å². The zero-order chi connectivity index (χ0) is 71.2. The summed E-state index contributed by atoms with van der Waals surface area (Å²) in [7, 11) is -9.91. The molecule has 17 nitrogen and oxygen atoms in total. The Hall–Kier alpha value is -1.94. The van der Waals surface area contributed by atoms with E-state index in [1.54, 1.807) is 0 Å². The molecule has 0 fully saturated rings. The number of rotatable bonds is 78. The lowest BCUT2D eigenvalue weighted by molar-refractivity contribution is -0.161. The van der Waals surface area contributed by atoms with Gasteiger partial charge in [0.1, 0.15) is 19.3 Å². The van der Waals surface area contributed by atoms with Gasteiger partial charge in [0.05, 0.1) is 26.4 Å². The first-order chi connectivity index (χ1) is 47.1. The number of phosphoric acid groups is 2. The molecule has 0 aromatic rings. The number of unbranched alkanes of at least 4 members (excludes halogenated alkanes) is 49. The second kappa shape index (κ2) is 71.1. The number of hydrogen-bond donors (Lipinski definition) is 3. The normalized spacial score (nSPS) is 14.2. The molecule has 0 aromatic carbocycles. The minimum Gasteiger partial charge on any atom is -0.462 e. The number of carbonyl (C=O) groups is 4. The Bertz CT molecular complexity index is 1860. The Labute approximate surface area is 594 Å². The number of aliphatic hydroxyl groups is 1. The van der Waals surface area contributed by atoms with Gasteiger partial charge in [-0.1, -0.05) is 362 Å². The molecule has 0 rings (SSSR count). The standard InChI is InChI=1S/C78H152O17P2/c1-6-10-13-16-19-22-25-33-38-42-47-52-57-62-76(81)89-68-74(95-78(83)64-59-54-49-44-39-35-32-30-28-27-29-31-34-36-40-45-50-55-60-71(5)9-4)70-93-97(86,87)91-66-72(79)65-90-96(84,85)92-69-73(67-88-75(80)61-56-51-46-41-24-21-18-15-12-8-3)94-77(82)63-58-53-48-43-37-26-23-20-17-14-11-7-2/h71-74,79H,6-70H2,1-5H3,(H,84,85)(H,86,87)/t71?,72-,73+,74+/m0/s1. The third kappa shape index (κ3) is 70.9. The summed E-state index contributed by atoms with van der Waals surface area (Å²) in [5, 5.41) is 10.6. The molecule has 0 radical (unpaired) electrons. The van der Waals surface area contributed by atoms with Crippen molar-refractivity contribution in [2.75, 3.05) is 39.6 Å². The molecule has 0 heterocycles. The monoisotopic (exact) mass is 1420 g/mol. The molecule has 0 aliphatic rings. The van der Waals surface area contributed by atoms with E-state index in [1.165, 1.54) is 238 Å². The van der Waals surface area contributed by atoms with Crippen LogP contribution in [0.15, 0.2) is 0 Å². The molecule has 0 amide bonds. The highest BCUT2D eigenvalue weighted by Crippen LogP contribution is 2.45. The Morgan fingerprint density at radius 3 is 0.732 bits per heavy atom. The average Bonchev–Trinajstić information content (AvgIpc) is 1.40. The van der Waals surface area contributed by atoms with Gasteiger partial charge in [0, 0.05) is 25.7 Å². The molecule has 0 bridgehead atoms. The van der Waals surface area contributed by atoms with Crippen LogP contribution in [0.1, 0.15) is 413 Å². The quantitative estimate of drug-likeness (QED) is 0.0222. The van der Waals surface area contributed by atoms with Crippen LogP contribution < -0.4 is 0 Å². The van der Waals surface area contributed by atoms with Gasteiger partial charge in [-0.2, -0.15) is 0 Å². The van der Waals surface area contributed by atoms with Crippen molar-refractivity contribution in [3.8, 4) is 0 Å². The Balaban J connectivity index is 5.18. The van der Waals surface area contributed by atoms with Crippen molar-refractivity contribution >= 4 is 39.5 Å². The predicted molar refractivity (Wildman–Crippen MR) is 395 cm³/mol. The van der Waals surface area contributed by atoms with E-state index in [-0.39, 0.29) is 25.7 Å². The van der Waals surface area contributed by atoms with Crippen LogP contribution in [-0.4, -0.2) is 96.7 Å². The van der Waals surface area contributed by atoms with Crippen LogP contribution in [0.25, 0.3) is 0 Å². The first-order valence-corrected chi connectivity index (χ1v) is 43.7. The summed E-state index contributed by atoms with van der Waals surface area (Å²) in [6.07, 6.45) is 60.9. The molecule has 0 aliphatic heterocycles. The summed E-state index contributed by atoms with van der Waals surface area (Å²) < 4.78 is 68.5. The Morgan fingerprint density at radius 2 is 0.495 bits per heavy atom. The maximum absolute atomic E-state index is 13.1. The van der Waals surface area contributed by atoms with Crippen molar-refractivity contribution in [3.63, 3.8) is 0 Å². The molecule has 19 heteroatoms. The minimum atomic E-state index is -4.96. The molecule has 0 aliphatic carbocycles. The summed E-state index contributed by atoms with van der Waals surface area (Å²) in [5.74, 6) is -1.24. The van der Waals surface area contributed by atoms with E-state index < -0.39 is 97.5 Å². The van der Waals surface area contributed by atoms with Crippen LogP contribution >= 0.6 is 15.6 Å². The largest absolute Gasteiger partial charge is 0.472 e. The Morgan fingerprint density at radius 1 is 0.289 bits per heavy atom. The van der Waals surface area contributed by atoms with Gasteiger partial charge < -0.3 is 33.8 Å². The lowest BCUT2D eigenvalue weighted by atomic mass is 9.99. The molecule has 3 N–H and O–H groups in total. The summed E-state index contributed by atoms with van der Waals surface area (Å²) >= 11 is 0. The molecular weight excluding hydrogens is 1270 g/mol. The maximum atomic E-state index is 13.1. The van der Waals surface area contributed by atoms with E-state index in [4.69, 9.17) is 37.0 Å². The van der Waals surface area contributed by atoms with Crippen molar-refractivity contribution < 1.29 is 80.2 Å². The van der Waals surface area contributed by atoms with Gasteiger partial charge >= 0.3 is 39.5 Å². The summed E-state index contributed by atoms with van der Waals surface area (Å²) in [6, 6.07) is 0. The van der Waals surface area contributed by atoms with Gasteiger partial charge in [0.25, 0.3) is 0 Å². The topological polar surface area (TPSA) is 237 Å². The highest BCUT2D eigenvalue weighted by molar-refractivity contribution is 7.47. The number of aliphatic hydroxyl groups excluding tert-OH is 1. The number of ether oxygens (including phenoxy) is 4. The molecule has 0 aromatic heterocycles. The van der Waals surface area contributed by atoms with E-state index in [2.05, 4.69) is 34.6 Å². The molecule has 0 saturated carbocycles. The van der Waals surface area contributed by atoms with Crippen LogP contribution in [0.2, 0.25) is 0 Å². The minimum absolute atomic E-state index is 0.108. The zero-order valence-electron chi connectivity index (χ0n) is 63.2. The highest BCUT2D eigenvalue weighted by atomic mass is 31.2. The third-order valence-electron chi connectivity index (χ3n) is 18.6. The molecular formula is C78H152O17P2. The third-order valence-corrected chi connectivity index (χ3v) is 20.5. The van der Waals surface area contributed by atoms with Gasteiger partial charge in [-0.05, 0) is 31.6 Å². The molecule has 0 saturated heterocycles. The lowest BCUT2D eigenvalue weighted by Crippen LogP contribution is -2.30. The van der Waals surface area contributed by atoms with Crippen molar-refractivity contribution in [2.45, 2.75) is 432 Å². The first-order valence-electron chi connectivity index (χ1n) is 40.7. The fraction of sp³-hybridized carbons (Fsp3) is 0.949. The van der Waals surface area contributed by atoms with E-state index in [9.17, 15) is 43.2 Å². The maximum Gasteiger partial charge on any atom is 0.472 e. The van der Waals surface area contributed by atoms with E-state index in [1.807, 2.05) is 0 Å². The number of phosphoric ester groups is 2. The lowest BCUT2D eigenvalue weighted by Gasteiger charge is -2.21. The van der Waals surface area contributed by atoms with Crippen LogP contribution in [0.5, 0.6) is 0 Å². The SMILES string of the molecule is CCCCCCCCCCCCCCCC(=O)OC[C@H](COP(=O)(O)OC[C@@H](O)COP(=O)(O)OC[C@@H](COC(=O)CCCCCCCCCCCC)OC(=O)CCCCCCCCCCCCCC)OC(=O)CCCCCCCCCCCCCCCCCCCCC(C)CC. The fourth-order valence-electron chi connectivity index (χ4n) is 12.0. The van der Waals surface area contributed by atoms with Crippen LogP contribution in [0, 0.1) is 5.92 Å². The van der Waals surface area contributed by atoms with E-state index in [0.29, 0.717) is 25.7 Å². The average molecular weight is 1420 g/mol.